The van der Waals surface area contributed by atoms with Crippen molar-refractivity contribution in [2.24, 2.45) is 0 Å². The number of carbonyl (C=O) groups is 1. The van der Waals surface area contributed by atoms with Gasteiger partial charge in [0.2, 0.25) is 0 Å². The topological polar surface area (TPSA) is 73.0 Å². The first kappa shape index (κ1) is 12.9. The highest BCUT2D eigenvalue weighted by molar-refractivity contribution is 5.96. The van der Waals surface area contributed by atoms with Crippen LogP contribution in [0.25, 0.3) is 0 Å². The third-order valence-corrected chi connectivity index (χ3v) is 3.88. The highest BCUT2D eigenvalue weighted by Gasteiger charge is 2.21. The molecule has 3 rings (SSSR count). The van der Waals surface area contributed by atoms with Gasteiger partial charge in [0.05, 0.1) is 12.1 Å². The molecule has 1 amide bonds. The summed E-state index contributed by atoms with van der Waals surface area (Å²) in [5.74, 6) is 3.16. The highest BCUT2D eigenvalue weighted by Crippen LogP contribution is 2.20. The number of hydrogen-bond acceptors (Lipinski definition) is 4. The second-order valence-corrected chi connectivity index (χ2v) is 5.18. The number of nitrogens with one attached hydrogen (secondary N) is 1. The summed E-state index contributed by atoms with van der Waals surface area (Å²) in [6.07, 6.45) is 2.07. The van der Waals surface area contributed by atoms with Gasteiger partial charge in [0.1, 0.15) is 17.3 Å². The zero-order valence-electron chi connectivity index (χ0n) is 12.0. The normalized spacial score (nSPS) is 13.6. The summed E-state index contributed by atoms with van der Waals surface area (Å²) < 4.78 is 7.57. The molecule has 1 aliphatic rings. The lowest BCUT2D eigenvalue weighted by atomic mass is 10.1. The minimum atomic E-state index is -0.118. The van der Waals surface area contributed by atoms with Gasteiger partial charge in [0, 0.05) is 18.5 Å². The predicted octanol–water partition coefficient (Wildman–Crippen LogP) is 1.67. The number of amides is 1. The van der Waals surface area contributed by atoms with Crippen molar-refractivity contribution < 1.29 is 9.21 Å². The van der Waals surface area contributed by atoms with Crippen LogP contribution >= 0.6 is 0 Å². The molecule has 0 fully saturated rings. The number of nitrogens with zero attached hydrogens (tertiary/aromatic N) is 3. The predicted molar refractivity (Wildman–Crippen MR) is 72.4 cm³/mol. The van der Waals surface area contributed by atoms with Crippen molar-refractivity contribution in [2.75, 3.05) is 0 Å². The van der Waals surface area contributed by atoms with Crippen molar-refractivity contribution in [2.45, 2.75) is 46.7 Å². The minimum Gasteiger partial charge on any atom is -0.466 e. The average Bonchev–Trinajstić information content (AvgIpc) is 3.04. The zero-order chi connectivity index (χ0) is 14.3. The fraction of sp³-hybridized carbons (Fsp3) is 0.500. The van der Waals surface area contributed by atoms with Crippen molar-refractivity contribution in [3.63, 3.8) is 0 Å². The monoisotopic (exact) mass is 274 g/mol. The number of aromatic nitrogens is 3. The lowest BCUT2D eigenvalue weighted by Gasteiger charge is -2.06. The van der Waals surface area contributed by atoms with Crippen LogP contribution in [0.1, 0.15) is 45.5 Å². The fourth-order valence-electron chi connectivity index (χ4n) is 2.72. The van der Waals surface area contributed by atoms with Gasteiger partial charge in [-0.25, -0.2) is 0 Å². The summed E-state index contributed by atoms with van der Waals surface area (Å²) in [5, 5.41) is 11.2. The molecule has 2 aromatic rings. The maximum Gasteiger partial charge on any atom is 0.255 e. The SMILES string of the molecule is Cc1oc(C)c(C(=O)NCc2nnc3n2CCC3)c1C. The molecule has 6 nitrogen and oxygen atoms in total. The summed E-state index contributed by atoms with van der Waals surface area (Å²) in [6.45, 7) is 6.91. The first-order valence-electron chi connectivity index (χ1n) is 6.83. The van der Waals surface area contributed by atoms with Crippen molar-refractivity contribution in [1.82, 2.24) is 20.1 Å². The summed E-state index contributed by atoms with van der Waals surface area (Å²) >= 11 is 0. The van der Waals surface area contributed by atoms with Crippen LogP contribution in [0.5, 0.6) is 0 Å². The Morgan fingerprint density at radius 1 is 1.30 bits per heavy atom. The van der Waals surface area contributed by atoms with Gasteiger partial charge in [-0.05, 0) is 27.2 Å². The van der Waals surface area contributed by atoms with Gasteiger partial charge in [0.25, 0.3) is 5.91 Å². The first-order valence-corrected chi connectivity index (χ1v) is 6.83. The van der Waals surface area contributed by atoms with Gasteiger partial charge < -0.3 is 14.3 Å². The van der Waals surface area contributed by atoms with Crippen LogP contribution in [0.2, 0.25) is 0 Å². The second kappa shape index (κ2) is 4.77. The largest absolute Gasteiger partial charge is 0.466 e. The van der Waals surface area contributed by atoms with Crippen molar-refractivity contribution >= 4 is 5.91 Å². The van der Waals surface area contributed by atoms with Crippen LogP contribution in [0.15, 0.2) is 4.42 Å². The van der Waals surface area contributed by atoms with Crippen LogP contribution in [0, 0.1) is 20.8 Å². The molecule has 0 spiro atoms. The quantitative estimate of drug-likeness (QED) is 0.924. The molecular formula is C14H18N4O2. The van der Waals surface area contributed by atoms with E-state index in [1.54, 1.807) is 0 Å². The van der Waals surface area contributed by atoms with E-state index in [1.165, 1.54) is 0 Å². The number of carbonyl (C=O) groups excluding carboxylic acids is 1. The van der Waals surface area contributed by atoms with E-state index in [4.69, 9.17) is 4.42 Å². The molecule has 6 heteroatoms. The van der Waals surface area contributed by atoms with Crippen molar-refractivity contribution in [3.8, 4) is 0 Å². The summed E-state index contributed by atoms with van der Waals surface area (Å²) in [7, 11) is 0. The Hall–Kier alpha value is -2.11. The Bertz CT molecular complexity index is 669. The molecule has 1 aliphatic heterocycles. The third-order valence-electron chi connectivity index (χ3n) is 3.88. The lowest BCUT2D eigenvalue weighted by molar-refractivity contribution is 0.0947. The van der Waals surface area contributed by atoms with Crippen LogP contribution < -0.4 is 5.32 Å². The molecular weight excluding hydrogens is 256 g/mol. The molecule has 0 atom stereocenters. The summed E-state index contributed by atoms with van der Waals surface area (Å²) in [6, 6.07) is 0. The van der Waals surface area contributed by atoms with Crippen molar-refractivity contribution in [3.05, 3.63) is 34.3 Å². The van der Waals surface area contributed by atoms with Gasteiger partial charge >= 0.3 is 0 Å². The van der Waals surface area contributed by atoms with Crippen LogP contribution in [0.4, 0.5) is 0 Å². The van der Waals surface area contributed by atoms with Crippen LogP contribution in [-0.4, -0.2) is 20.7 Å². The minimum absolute atomic E-state index is 0.118. The standard InChI is InChI=1S/C14H18N4O2/c1-8-9(2)20-10(3)13(8)14(19)15-7-12-17-16-11-5-4-6-18(11)12/h4-7H2,1-3H3,(H,15,19). The van der Waals surface area contributed by atoms with Crippen LogP contribution in [-0.2, 0) is 19.5 Å². The highest BCUT2D eigenvalue weighted by atomic mass is 16.3. The van der Waals surface area contributed by atoms with Gasteiger partial charge in [-0.15, -0.1) is 10.2 Å². The molecule has 20 heavy (non-hydrogen) atoms. The molecule has 0 unspecified atom stereocenters. The number of furan rings is 1. The molecule has 2 aromatic heterocycles. The first-order chi connectivity index (χ1) is 9.58. The average molecular weight is 274 g/mol. The number of hydrogen-bond donors (Lipinski definition) is 1. The van der Waals surface area contributed by atoms with Gasteiger partial charge in [-0.2, -0.15) is 0 Å². The molecule has 0 saturated heterocycles. The molecule has 0 radical (unpaired) electrons. The smallest absolute Gasteiger partial charge is 0.255 e. The Morgan fingerprint density at radius 3 is 2.80 bits per heavy atom. The molecule has 1 N–H and O–H groups in total. The van der Waals surface area contributed by atoms with E-state index in [-0.39, 0.29) is 5.91 Å². The van der Waals surface area contributed by atoms with E-state index in [1.807, 2.05) is 20.8 Å². The van der Waals surface area contributed by atoms with E-state index in [2.05, 4.69) is 20.1 Å². The lowest BCUT2D eigenvalue weighted by Crippen LogP contribution is -2.25. The Morgan fingerprint density at radius 2 is 2.10 bits per heavy atom. The van der Waals surface area contributed by atoms with E-state index in [0.29, 0.717) is 17.9 Å². The Labute approximate surface area is 117 Å². The van der Waals surface area contributed by atoms with E-state index < -0.39 is 0 Å². The third kappa shape index (κ3) is 2.01. The summed E-state index contributed by atoms with van der Waals surface area (Å²) in [4.78, 5) is 12.3. The van der Waals surface area contributed by atoms with Crippen molar-refractivity contribution in [1.29, 1.82) is 0 Å². The molecule has 3 heterocycles. The zero-order valence-corrected chi connectivity index (χ0v) is 12.0. The molecule has 0 aliphatic carbocycles. The number of fused-ring (bicyclic) bond motifs is 1. The van der Waals surface area contributed by atoms with E-state index in [9.17, 15) is 4.79 Å². The second-order valence-electron chi connectivity index (χ2n) is 5.18. The van der Waals surface area contributed by atoms with Gasteiger partial charge in [-0.1, -0.05) is 0 Å². The molecule has 0 saturated carbocycles. The summed E-state index contributed by atoms with van der Waals surface area (Å²) in [5.41, 5.74) is 1.52. The van der Waals surface area contributed by atoms with Crippen LogP contribution in [0.3, 0.4) is 0 Å². The molecule has 0 bridgehead atoms. The molecule has 0 aromatic carbocycles. The number of rotatable bonds is 3. The maximum absolute atomic E-state index is 12.3. The fourth-order valence-corrected chi connectivity index (χ4v) is 2.72. The van der Waals surface area contributed by atoms with E-state index >= 15 is 0 Å². The van der Waals surface area contributed by atoms with E-state index in [0.717, 1.165) is 42.4 Å². The van der Waals surface area contributed by atoms with Gasteiger partial charge in [-0.3, -0.25) is 4.79 Å². The van der Waals surface area contributed by atoms with Gasteiger partial charge in [0.15, 0.2) is 5.82 Å². The Kier molecular flexibility index (Phi) is 3.08. The maximum atomic E-state index is 12.3. The Balaban J connectivity index is 1.73. The molecule has 106 valence electrons. The number of aryl methyl sites for hydroxylation is 3.